The molecule has 0 spiro atoms. The van der Waals surface area contributed by atoms with E-state index in [0.29, 0.717) is 0 Å². The first-order valence-corrected chi connectivity index (χ1v) is 5.20. The van der Waals surface area contributed by atoms with Gasteiger partial charge in [-0.3, -0.25) is 14.6 Å². The topological polar surface area (TPSA) is 91.3 Å². The van der Waals surface area contributed by atoms with Gasteiger partial charge in [-0.05, 0) is 19.9 Å². The molecule has 3 N–H and O–H groups in total. The molecule has 0 aliphatic heterocycles. The van der Waals surface area contributed by atoms with Crippen LogP contribution in [0.5, 0.6) is 5.75 Å². The maximum Gasteiger partial charge on any atom is 0.253 e. The molecule has 1 heterocycles. The Kier molecular flexibility index (Phi) is 4.45. The summed E-state index contributed by atoms with van der Waals surface area (Å²) < 4.78 is 0. The largest absolute Gasteiger partial charge is 0.506 e. The average molecular weight is 237 g/mol. The summed E-state index contributed by atoms with van der Waals surface area (Å²) >= 11 is 0. The highest BCUT2D eigenvalue weighted by molar-refractivity contribution is 5.96. The zero-order chi connectivity index (χ0) is 12.8. The number of carbonyl (C=O) groups excluding carboxylic acids is 2. The second-order valence-corrected chi connectivity index (χ2v) is 3.84. The first kappa shape index (κ1) is 13.0. The number of nitrogens with zero attached hydrogens (tertiary/aromatic N) is 1. The summed E-state index contributed by atoms with van der Waals surface area (Å²) in [5.74, 6) is -0.807. The van der Waals surface area contributed by atoms with Crippen molar-refractivity contribution in [1.82, 2.24) is 15.6 Å². The third kappa shape index (κ3) is 4.50. The minimum Gasteiger partial charge on any atom is -0.506 e. The Balaban J connectivity index is 2.48. The molecule has 6 heteroatoms. The molecule has 0 unspecified atom stereocenters. The predicted molar refractivity (Wildman–Crippen MR) is 61.5 cm³/mol. The SMILES string of the molecule is CC(C)NC(=O)CNC(=O)c1cncc(O)c1. The van der Waals surface area contributed by atoms with Crippen molar-refractivity contribution < 1.29 is 14.7 Å². The van der Waals surface area contributed by atoms with Gasteiger partial charge in [0.2, 0.25) is 5.91 Å². The van der Waals surface area contributed by atoms with E-state index in [0.717, 1.165) is 0 Å². The van der Waals surface area contributed by atoms with Gasteiger partial charge in [0.15, 0.2) is 0 Å². The van der Waals surface area contributed by atoms with Crippen LogP contribution in [0.3, 0.4) is 0 Å². The lowest BCUT2D eigenvalue weighted by Crippen LogP contribution is -2.39. The van der Waals surface area contributed by atoms with Crippen molar-refractivity contribution in [2.45, 2.75) is 19.9 Å². The molecule has 0 aliphatic carbocycles. The Morgan fingerprint density at radius 3 is 2.71 bits per heavy atom. The molecule has 17 heavy (non-hydrogen) atoms. The lowest BCUT2D eigenvalue weighted by molar-refractivity contribution is -0.120. The van der Waals surface area contributed by atoms with Gasteiger partial charge < -0.3 is 15.7 Å². The highest BCUT2D eigenvalue weighted by atomic mass is 16.3. The first-order chi connectivity index (χ1) is 7.99. The van der Waals surface area contributed by atoms with E-state index in [1.165, 1.54) is 18.5 Å². The van der Waals surface area contributed by atoms with Crippen LogP contribution < -0.4 is 10.6 Å². The number of rotatable bonds is 4. The van der Waals surface area contributed by atoms with E-state index in [2.05, 4.69) is 15.6 Å². The van der Waals surface area contributed by atoms with E-state index in [9.17, 15) is 9.59 Å². The van der Waals surface area contributed by atoms with Crippen LogP contribution in [-0.4, -0.2) is 34.5 Å². The van der Waals surface area contributed by atoms with E-state index in [4.69, 9.17) is 5.11 Å². The summed E-state index contributed by atoms with van der Waals surface area (Å²) in [7, 11) is 0. The smallest absolute Gasteiger partial charge is 0.253 e. The standard InChI is InChI=1S/C11H15N3O3/c1-7(2)14-10(16)6-13-11(17)8-3-9(15)5-12-4-8/h3-5,7,15H,6H2,1-2H3,(H,13,17)(H,14,16). The Morgan fingerprint density at radius 2 is 2.12 bits per heavy atom. The van der Waals surface area contributed by atoms with Crippen molar-refractivity contribution in [1.29, 1.82) is 0 Å². The Labute approximate surface area is 99.1 Å². The highest BCUT2D eigenvalue weighted by Crippen LogP contribution is 2.07. The fourth-order valence-electron chi connectivity index (χ4n) is 1.19. The van der Waals surface area contributed by atoms with E-state index in [1.54, 1.807) is 0 Å². The molecule has 0 atom stereocenters. The quantitative estimate of drug-likeness (QED) is 0.689. The lowest BCUT2D eigenvalue weighted by Gasteiger charge is -2.09. The minimum atomic E-state index is -0.452. The van der Waals surface area contributed by atoms with Crippen LogP contribution in [0.4, 0.5) is 0 Å². The van der Waals surface area contributed by atoms with E-state index < -0.39 is 5.91 Å². The molecule has 0 saturated heterocycles. The van der Waals surface area contributed by atoms with Gasteiger partial charge in [0.05, 0.1) is 18.3 Å². The third-order valence-electron chi connectivity index (χ3n) is 1.85. The van der Waals surface area contributed by atoms with Gasteiger partial charge in [-0.2, -0.15) is 0 Å². The molecule has 2 amide bonds. The molecular weight excluding hydrogens is 222 g/mol. The molecule has 0 aromatic carbocycles. The molecule has 0 bridgehead atoms. The first-order valence-electron chi connectivity index (χ1n) is 5.20. The van der Waals surface area contributed by atoms with Crippen molar-refractivity contribution in [3.8, 4) is 5.75 Å². The molecule has 1 aromatic rings. The number of nitrogens with one attached hydrogen (secondary N) is 2. The van der Waals surface area contributed by atoms with E-state index in [1.807, 2.05) is 13.8 Å². The van der Waals surface area contributed by atoms with Crippen molar-refractivity contribution in [2.75, 3.05) is 6.54 Å². The number of hydrogen-bond donors (Lipinski definition) is 3. The van der Waals surface area contributed by atoms with Crippen LogP contribution in [0.25, 0.3) is 0 Å². The fourth-order valence-corrected chi connectivity index (χ4v) is 1.19. The summed E-state index contributed by atoms with van der Waals surface area (Å²) in [6.07, 6.45) is 2.54. The number of carbonyl (C=O) groups is 2. The number of pyridine rings is 1. The van der Waals surface area contributed by atoms with Gasteiger partial charge in [-0.15, -0.1) is 0 Å². The predicted octanol–water partition coefficient (Wildman–Crippen LogP) is 0.0416. The van der Waals surface area contributed by atoms with Crippen molar-refractivity contribution >= 4 is 11.8 Å². The maximum absolute atomic E-state index is 11.5. The molecule has 92 valence electrons. The monoisotopic (exact) mass is 237 g/mol. The number of aromatic hydroxyl groups is 1. The van der Waals surface area contributed by atoms with E-state index >= 15 is 0 Å². The van der Waals surface area contributed by atoms with Gasteiger partial charge >= 0.3 is 0 Å². The van der Waals surface area contributed by atoms with Crippen molar-refractivity contribution in [3.63, 3.8) is 0 Å². The second-order valence-electron chi connectivity index (χ2n) is 3.84. The average Bonchev–Trinajstić information content (AvgIpc) is 2.25. The molecule has 0 saturated carbocycles. The van der Waals surface area contributed by atoms with Gasteiger partial charge in [0, 0.05) is 12.2 Å². The van der Waals surface area contributed by atoms with Crippen LogP contribution in [0.2, 0.25) is 0 Å². The Hall–Kier alpha value is -2.11. The fraction of sp³-hybridized carbons (Fsp3) is 0.364. The number of hydrogen-bond acceptors (Lipinski definition) is 4. The Bertz CT molecular complexity index is 418. The van der Waals surface area contributed by atoms with Gasteiger partial charge in [0.25, 0.3) is 5.91 Å². The summed E-state index contributed by atoms with van der Waals surface area (Å²) in [6, 6.07) is 1.31. The third-order valence-corrected chi connectivity index (χ3v) is 1.85. The Morgan fingerprint density at radius 1 is 1.41 bits per heavy atom. The second kappa shape index (κ2) is 5.83. The number of aromatic nitrogens is 1. The van der Waals surface area contributed by atoms with Crippen LogP contribution >= 0.6 is 0 Å². The zero-order valence-electron chi connectivity index (χ0n) is 9.73. The van der Waals surface area contributed by atoms with Crippen LogP contribution in [-0.2, 0) is 4.79 Å². The van der Waals surface area contributed by atoms with E-state index in [-0.39, 0.29) is 29.8 Å². The van der Waals surface area contributed by atoms with Crippen LogP contribution in [0, 0.1) is 0 Å². The van der Waals surface area contributed by atoms with Gasteiger partial charge in [0.1, 0.15) is 5.75 Å². The molecule has 0 fully saturated rings. The highest BCUT2D eigenvalue weighted by Gasteiger charge is 2.09. The normalized spacial score (nSPS) is 10.1. The molecule has 6 nitrogen and oxygen atoms in total. The summed E-state index contributed by atoms with van der Waals surface area (Å²) in [5, 5.41) is 14.2. The van der Waals surface area contributed by atoms with Gasteiger partial charge in [-0.1, -0.05) is 0 Å². The minimum absolute atomic E-state index is 0.0295. The van der Waals surface area contributed by atoms with Crippen LogP contribution in [0.15, 0.2) is 18.5 Å². The van der Waals surface area contributed by atoms with Crippen LogP contribution in [0.1, 0.15) is 24.2 Å². The molecular formula is C11H15N3O3. The van der Waals surface area contributed by atoms with Crippen molar-refractivity contribution in [2.24, 2.45) is 0 Å². The summed E-state index contributed by atoms with van der Waals surface area (Å²) in [5.41, 5.74) is 0.211. The summed E-state index contributed by atoms with van der Waals surface area (Å²) in [6.45, 7) is 3.56. The van der Waals surface area contributed by atoms with Crippen molar-refractivity contribution in [3.05, 3.63) is 24.0 Å². The molecule has 1 aromatic heterocycles. The maximum atomic E-state index is 11.5. The molecule has 0 radical (unpaired) electrons. The zero-order valence-corrected chi connectivity index (χ0v) is 9.73. The number of amides is 2. The lowest BCUT2D eigenvalue weighted by atomic mass is 10.2. The molecule has 0 aliphatic rings. The molecule has 1 rings (SSSR count). The summed E-state index contributed by atoms with van der Waals surface area (Å²) in [4.78, 5) is 26.5. The van der Waals surface area contributed by atoms with Gasteiger partial charge in [-0.25, -0.2) is 0 Å².